The van der Waals surface area contributed by atoms with Crippen molar-refractivity contribution >= 4 is 29.2 Å². The highest BCUT2D eigenvalue weighted by Crippen LogP contribution is 2.18. The summed E-state index contributed by atoms with van der Waals surface area (Å²) in [4.78, 5) is 11.1. The number of alkyl halides is 1. The first kappa shape index (κ1) is 12.3. The summed E-state index contributed by atoms with van der Waals surface area (Å²) in [5.41, 5.74) is 2.03. The van der Waals surface area contributed by atoms with Crippen LogP contribution in [0.15, 0.2) is 18.2 Å². The summed E-state index contributed by atoms with van der Waals surface area (Å²) in [5, 5.41) is -0.0171. The summed E-state index contributed by atoms with van der Waals surface area (Å²) in [5.74, 6) is -0.420. The maximum atomic E-state index is 11.1. The zero-order valence-corrected chi connectivity index (χ0v) is 10.1. The minimum absolute atomic E-state index is 0.420. The van der Waals surface area contributed by atoms with Crippen molar-refractivity contribution in [3.8, 4) is 0 Å². The number of aryl methyl sites for hydroxylation is 1. The fraction of sp³-hybridized carbons (Fsp3) is 0.364. The molecule has 0 saturated carbocycles. The summed E-state index contributed by atoms with van der Waals surface area (Å²) < 4.78 is 4.55. The summed E-state index contributed by atoms with van der Waals surface area (Å²) >= 11 is 11.7. The van der Waals surface area contributed by atoms with E-state index in [2.05, 4.69) is 4.74 Å². The van der Waals surface area contributed by atoms with Crippen LogP contribution in [0.1, 0.15) is 11.1 Å². The second kappa shape index (κ2) is 5.38. The van der Waals surface area contributed by atoms with E-state index >= 15 is 0 Å². The lowest BCUT2D eigenvalue weighted by Crippen LogP contribution is -2.19. The van der Waals surface area contributed by atoms with E-state index in [4.69, 9.17) is 23.2 Å². The average Bonchev–Trinajstić information content (AvgIpc) is 2.22. The Morgan fingerprint density at radius 3 is 2.80 bits per heavy atom. The molecule has 82 valence electrons. The van der Waals surface area contributed by atoms with Crippen LogP contribution in [0.4, 0.5) is 0 Å². The fourth-order valence-corrected chi connectivity index (χ4v) is 1.71. The lowest BCUT2D eigenvalue weighted by molar-refractivity contribution is -0.140. The SMILES string of the molecule is COC(=O)C(Cl)Cc1cc(Cl)ccc1C. The Balaban J connectivity index is 2.80. The summed E-state index contributed by atoms with van der Waals surface area (Å²) in [6, 6.07) is 5.52. The van der Waals surface area contributed by atoms with Crippen LogP contribution in [-0.2, 0) is 16.0 Å². The van der Waals surface area contributed by atoms with E-state index in [1.165, 1.54) is 7.11 Å². The number of carbonyl (C=O) groups is 1. The molecule has 0 fully saturated rings. The number of ether oxygens (including phenoxy) is 1. The molecule has 4 heteroatoms. The standard InChI is InChI=1S/C11H12Cl2O2/c1-7-3-4-9(12)5-8(7)6-10(13)11(14)15-2/h3-5,10H,6H2,1-2H3. The van der Waals surface area contributed by atoms with E-state index in [1.807, 2.05) is 25.1 Å². The van der Waals surface area contributed by atoms with E-state index in [0.29, 0.717) is 11.4 Å². The fourth-order valence-electron chi connectivity index (χ4n) is 1.26. The maximum Gasteiger partial charge on any atom is 0.324 e. The monoisotopic (exact) mass is 246 g/mol. The van der Waals surface area contributed by atoms with E-state index in [9.17, 15) is 4.79 Å². The lowest BCUT2D eigenvalue weighted by atomic mass is 10.0. The number of methoxy groups -OCH3 is 1. The van der Waals surface area contributed by atoms with Crippen LogP contribution in [0.25, 0.3) is 0 Å². The van der Waals surface area contributed by atoms with Crippen LogP contribution in [0.3, 0.4) is 0 Å². The third kappa shape index (κ3) is 3.40. The number of halogens is 2. The van der Waals surface area contributed by atoms with Gasteiger partial charge in [-0.1, -0.05) is 17.7 Å². The number of hydrogen-bond acceptors (Lipinski definition) is 2. The normalized spacial score (nSPS) is 12.3. The quantitative estimate of drug-likeness (QED) is 0.606. The predicted octanol–water partition coefficient (Wildman–Crippen LogP) is 2.97. The molecule has 0 heterocycles. The van der Waals surface area contributed by atoms with Crippen molar-refractivity contribution in [2.45, 2.75) is 18.7 Å². The number of esters is 1. The van der Waals surface area contributed by atoms with Crippen LogP contribution in [0.5, 0.6) is 0 Å². The molecule has 1 atom stereocenters. The van der Waals surface area contributed by atoms with Gasteiger partial charge in [0, 0.05) is 5.02 Å². The van der Waals surface area contributed by atoms with E-state index in [-0.39, 0.29) is 0 Å². The zero-order chi connectivity index (χ0) is 11.4. The number of carbonyl (C=O) groups excluding carboxylic acids is 1. The third-order valence-corrected chi connectivity index (χ3v) is 2.73. The van der Waals surface area contributed by atoms with Crippen molar-refractivity contribution in [1.29, 1.82) is 0 Å². The maximum absolute atomic E-state index is 11.1. The third-order valence-electron chi connectivity index (χ3n) is 2.17. The summed E-state index contributed by atoms with van der Waals surface area (Å²) in [6.07, 6.45) is 0.431. The van der Waals surface area contributed by atoms with Gasteiger partial charge in [-0.25, -0.2) is 0 Å². The van der Waals surface area contributed by atoms with Gasteiger partial charge in [-0.2, -0.15) is 0 Å². The second-order valence-corrected chi connectivity index (χ2v) is 4.23. The Bertz CT molecular complexity index is 364. The van der Waals surface area contributed by atoms with Gasteiger partial charge in [-0.15, -0.1) is 11.6 Å². The highest BCUT2D eigenvalue weighted by Gasteiger charge is 2.17. The molecule has 0 radical (unpaired) electrons. The highest BCUT2D eigenvalue weighted by molar-refractivity contribution is 6.31. The largest absolute Gasteiger partial charge is 0.468 e. The Labute approximate surface area is 99.1 Å². The molecule has 0 aliphatic rings. The topological polar surface area (TPSA) is 26.3 Å². The van der Waals surface area contributed by atoms with Crippen molar-refractivity contribution in [1.82, 2.24) is 0 Å². The molecule has 2 nitrogen and oxygen atoms in total. The highest BCUT2D eigenvalue weighted by atomic mass is 35.5. The molecule has 0 bridgehead atoms. The summed E-state index contributed by atoms with van der Waals surface area (Å²) in [7, 11) is 1.32. The van der Waals surface area contributed by atoms with Gasteiger partial charge in [-0.3, -0.25) is 4.79 Å². The molecule has 0 aromatic heterocycles. The van der Waals surface area contributed by atoms with Crippen molar-refractivity contribution < 1.29 is 9.53 Å². The van der Waals surface area contributed by atoms with Gasteiger partial charge in [-0.05, 0) is 36.6 Å². The van der Waals surface area contributed by atoms with Gasteiger partial charge in [0.25, 0.3) is 0 Å². The van der Waals surface area contributed by atoms with Crippen molar-refractivity contribution in [2.24, 2.45) is 0 Å². The van der Waals surface area contributed by atoms with Crippen LogP contribution in [-0.4, -0.2) is 18.5 Å². The summed E-state index contributed by atoms with van der Waals surface area (Å²) in [6.45, 7) is 1.95. The van der Waals surface area contributed by atoms with Gasteiger partial charge >= 0.3 is 5.97 Å². The smallest absolute Gasteiger partial charge is 0.324 e. The van der Waals surface area contributed by atoms with Crippen LogP contribution in [0.2, 0.25) is 5.02 Å². The molecular formula is C11H12Cl2O2. The molecular weight excluding hydrogens is 235 g/mol. The molecule has 0 saturated heterocycles. The minimum atomic E-state index is -0.660. The van der Waals surface area contributed by atoms with E-state index in [0.717, 1.165) is 11.1 Å². The molecule has 15 heavy (non-hydrogen) atoms. The van der Waals surface area contributed by atoms with Crippen LogP contribution < -0.4 is 0 Å². The molecule has 0 N–H and O–H groups in total. The van der Waals surface area contributed by atoms with E-state index in [1.54, 1.807) is 0 Å². The molecule has 1 unspecified atom stereocenters. The Hall–Kier alpha value is -0.730. The van der Waals surface area contributed by atoms with Crippen molar-refractivity contribution in [3.63, 3.8) is 0 Å². The predicted molar refractivity (Wildman–Crippen MR) is 61.6 cm³/mol. The Morgan fingerprint density at radius 1 is 1.53 bits per heavy atom. The second-order valence-electron chi connectivity index (χ2n) is 3.27. The van der Waals surface area contributed by atoms with Gasteiger partial charge in [0.2, 0.25) is 0 Å². The zero-order valence-electron chi connectivity index (χ0n) is 8.59. The minimum Gasteiger partial charge on any atom is -0.468 e. The Kier molecular flexibility index (Phi) is 4.43. The first-order chi connectivity index (χ1) is 7.04. The molecule has 0 aliphatic heterocycles. The number of hydrogen-bond donors (Lipinski definition) is 0. The molecule has 0 aliphatic carbocycles. The average molecular weight is 247 g/mol. The molecule has 1 aromatic carbocycles. The first-order valence-electron chi connectivity index (χ1n) is 4.51. The van der Waals surface area contributed by atoms with Crippen molar-refractivity contribution in [2.75, 3.05) is 7.11 Å². The lowest BCUT2D eigenvalue weighted by Gasteiger charge is -2.09. The van der Waals surface area contributed by atoms with Gasteiger partial charge in [0.05, 0.1) is 7.11 Å². The van der Waals surface area contributed by atoms with Gasteiger partial charge < -0.3 is 4.74 Å². The first-order valence-corrected chi connectivity index (χ1v) is 5.33. The molecule has 1 aromatic rings. The van der Waals surface area contributed by atoms with Gasteiger partial charge in [0.1, 0.15) is 5.38 Å². The van der Waals surface area contributed by atoms with E-state index < -0.39 is 11.3 Å². The van der Waals surface area contributed by atoms with Gasteiger partial charge in [0.15, 0.2) is 0 Å². The number of rotatable bonds is 3. The number of benzene rings is 1. The van der Waals surface area contributed by atoms with Crippen LogP contribution >= 0.6 is 23.2 Å². The molecule has 0 spiro atoms. The molecule has 1 rings (SSSR count). The molecule has 0 amide bonds. The van der Waals surface area contributed by atoms with Crippen LogP contribution in [0, 0.1) is 6.92 Å². The van der Waals surface area contributed by atoms with Crippen molar-refractivity contribution in [3.05, 3.63) is 34.3 Å². The Morgan fingerprint density at radius 2 is 2.20 bits per heavy atom.